The highest BCUT2D eigenvalue weighted by Gasteiger charge is 2.10. The predicted molar refractivity (Wildman–Crippen MR) is 79.8 cm³/mol. The normalized spacial score (nSPS) is 10.1. The summed E-state index contributed by atoms with van der Waals surface area (Å²) in [4.78, 5) is 22.2. The van der Waals surface area contributed by atoms with Gasteiger partial charge in [0.2, 0.25) is 5.91 Å². The fraction of sp³-hybridized carbons (Fsp3) is 0.133. The second kappa shape index (κ2) is 6.62. The summed E-state index contributed by atoms with van der Waals surface area (Å²) in [6.45, 7) is 0.361. The van der Waals surface area contributed by atoms with Crippen LogP contribution in [0.2, 0.25) is 0 Å². The molecule has 0 atom stereocenters. The van der Waals surface area contributed by atoms with Crippen LogP contribution in [0.4, 0.5) is 11.4 Å². The number of nitrogens with zero attached hydrogens (tertiary/aromatic N) is 1. The lowest BCUT2D eigenvalue weighted by molar-refractivity contribution is -0.384. The summed E-state index contributed by atoms with van der Waals surface area (Å²) >= 11 is 0. The van der Waals surface area contributed by atoms with Crippen molar-refractivity contribution in [1.29, 1.82) is 0 Å². The van der Waals surface area contributed by atoms with Crippen LogP contribution in [0.25, 0.3) is 0 Å². The Morgan fingerprint density at radius 3 is 2.52 bits per heavy atom. The van der Waals surface area contributed by atoms with Crippen LogP contribution in [0.5, 0.6) is 0 Å². The lowest BCUT2D eigenvalue weighted by Crippen LogP contribution is -2.16. The number of nitro benzene ring substituents is 1. The first-order chi connectivity index (χ1) is 10.1. The summed E-state index contributed by atoms with van der Waals surface area (Å²) in [6.07, 6.45) is 0.177. The van der Waals surface area contributed by atoms with Crippen molar-refractivity contribution in [2.24, 2.45) is 5.73 Å². The van der Waals surface area contributed by atoms with E-state index in [1.807, 2.05) is 24.3 Å². The second-order valence-electron chi connectivity index (χ2n) is 4.51. The summed E-state index contributed by atoms with van der Waals surface area (Å²) in [5, 5.41) is 13.3. The SMILES string of the molecule is NCc1ccccc1CC(=O)Nc1cccc([N+](=O)[O-])c1. The molecule has 0 heterocycles. The van der Waals surface area contributed by atoms with Crippen molar-refractivity contribution >= 4 is 17.3 Å². The van der Waals surface area contributed by atoms with Crippen LogP contribution in [-0.4, -0.2) is 10.8 Å². The number of non-ortho nitro benzene ring substituents is 1. The molecule has 0 radical (unpaired) electrons. The zero-order valence-electron chi connectivity index (χ0n) is 11.3. The molecule has 2 aromatic rings. The van der Waals surface area contributed by atoms with Gasteiger partial charge in [-0.25, -0.2) is 0 Å². The lowest BCUT2D eigenvalue weighted by Gasteiger charge is -2.08. The molecule has 6 nitrogen and oxygen atoms in total. The minimum Gasteiger partial charge on any atom is -0.326 e. The monoisotopic (exact) mass is 285 g/mol. The second-order valence-corrected chi connectivity index (χ2v) is 4.51. The number of nitrogens with two attached hydrogens (primary N) is 1. The van der Waals surface area contributed by atoms with Crippen LogP contribution in [0, 0.1) is 10.1 Å². The smallest absolute Gasteiger partial charge is 0.271 e. The van der Waals surface area contributed by atoms with Crippen molar-refractivity contribution in [2.45, 2.75) is 13.0 Å². The molecule has 0 aliphatic rings. The fourth-order valence-corrected chi connectivity index (χ4v) is 2.00. The molecule has 0 unspecified atom stereocenters. The summed E-state index contributed by atoms with van der Waals surface area (Å²) in [7, 11) is 0. The number of benzene rings is 2. The molecule has 6 heteroatoms. The Hall–Kier alpha value is -2.73. The largest absolute Gasteiger partial charge is 0.326 e. The van der Waals surface area contributed by atoms with Gasteiger partial charge in [0.15, 0.2) is 0 Å². The number of rotatable bonds is 5. The standard InChI is InChI=1S/C15H15N3O3/c16-10-12-5-2-1-4-11(12)8-15(19)17-13-6-3-7-14(9-13)18(20)21/h1-7,9H,8,10,16H2,(H,17,19). The van der Waals surface area contributed by atoms with Gasteiger partial charge in [-0.05, 0) is 17.2 Å². The molecule has 0 bridgehead atoms. The number of nitrogens with one attached hydrogen (secondary N) is 1. The molecule has 0 aromatic heterocycles. The highest BCUT2D eigenvalue weighted by molar-refractivity contribution is 5.92. The van der Waals surface area contributed by atoms with Gasteiger partial charge in [0.25, 0.3) is 5.69 Å². The van der Waals surface area contributed by atoms with Gasteiger partial charge >= 0.3 is 0 Å². The number of hydrogen-bond acceptors (Lipinski definition) is 4. The molecule has 0 aliphatic heterocycles. The van der Waals surface area contributed by atoms with Crippen molar-refractivity contribution in [1.82, 2.24) is 0 Å². The predicted octanol–water partition coefficient (Wildman–Crippen LogP) is 2.23. The first kappa shape index (κ1) is 14.7. The summed E-state index contributed by atoms with van der Waals surface area (Å²) < 4.78 is 0. The average Bonchev–Trinajstić information content (AvgIpc) is 2.48. The molecule has 1 amide bonds. The van der Waals surface area contributed by atoms with Gasteiger partial charge in [-0.2, -0.15) is 0 Å². The van der Waals surface area contributed by atoms with Crippen molar-refractivity contribution in [3.05, 3.63) is 69.8 Å². The van der Waals surface area contributed by atoms with E-state index in [2.05, 4.69) is 5.32 Å². The number of carbonyl (C=O) groups excluding carboxylic acids is 1. The summed E-state index contributed by atoms with van der Waals surface area (Å²) in [5.74, 6) is -0.239. The van der Waals surface area contributed by atoms with E-state index in [0.717, 1.165) is 11.1 Å². The molecule has 0 fully saturated rings. The van der Waals surface area contributed by atoms with E-state index >= 15 is 0 Å². The van der Waals surface area contributed by atoms with Gasteiger partial charge in [-0.3, -0.25) is 14.9 Å². The summed E-state index contributed by atoms with van der Waals surface area (Å²) in [6, 6.07) is 13.3. The van der Waals surface area contributed by atoms with Crippen molar-refractivity contribution in [3.8, 4) is 0 Å². The maximum atomic E-state index is 12.0. The number of anilines is 1. The molecular weight excluding hydrogens is 270 g/mol. The van der Waals surface area contributed by atoms with E-state index in [1.54, 1.807) is 6.07 Å². The third-order valence-corrected chi connectivity index (χ3v) is 3.03. The van der Waals surface area contributed by atoms with Crippen LogP contribution in [0.3, 0.4) is 0 Å². The first-order valence-electron chi connectivity index (χ1n) is 6.41. The van der Waals surface area contributed by atoms with Gasteiger partial charge in [-0.1, -0.05) is 30.3 Å². The van der Waals surface area contributed by atoms with Crippen molar-refractivity contribution in [3.63, 3.8) is 0 Å². The average molecular weight is 285 g/mol. The zero-order valence-corrected chi connectivity index (χ0v) is 11.3. The van der Waals surface area contributed by atoms with E-state index in [9.17, 15) is 14.9 Å². The Morgan fingerprint density at radius 1 is 1.14 bits per heavy atom. The number of hydrogen-bond donors (Lipinski definition) is 2. The Kier molecular flexibility index (Phi) is 4.63. The van der Waals surface area contributed by atoms with Gasteiger partial charge in [0, 0.05) is 24.4 Å². The minimum atomic E-state index is -0.501. The molecule has 2 aromatic carbocycles. The van der Waals surface area contributed by atoms with Crippen molar-refractivity contribution in [2.75, 3.05) is 5.32 Å². The van der Waals surface area contributed by atoms with Crippen LogP contribution in [0.15, 0.2) is 48.5 Å². The number of nitro groups is 1. The molecule has 21 heavy (non-hydrogen) atoms. The highest BCUT2D eigenvalue weighted by Crippen LogP contribution is 2.17. The minimum absolute atomic E-state index is 0.0600. The van der Waals surface area contributed by atoms with Gasteiger partial charge < -0.3 is 11.1 Å². The van der Waals surface area contributed by atoms with E-state index < -0.39 is 4.92 Å². The highest BCUT2D eigenvalue weighted by atomic mass is 16.6. The van der Waals surface area contributed by atoms with Gasteiger partial charge in [0.05, 0.1) is 11.3 Å². The maximum absolute atomic E-state index is 12.0. The topological polar surface area (TPSA) is 98.3 Å². The number of carbonyl (C=O) groups is 1. The maximum Gasteiger partial charge on any atom is 0.271 e. The van der Waals surface area contributed by atoms with E-state index in [0.29, 0.717) is 12.2 Å². The Bertz CT molecular complexity index is 671. The van der Waals surface area contributed by atoms with E-state index in [-0.39, 0.29) is 18.0 Å². The van der Waals surface area contributed by atoms with E-state index in [4.69, 9.17) is 5.73 Å². The number of amides is 1. The molecular formula is C15H15N3O3. The van der Waals surface area contributed by atoms with Crippen molar-refractivity contribution < 1.29 is 9.72 Å². The first-order valence-corrected chi connectivity index (χ1v) is 6.41. The van der Waals surface area contributed by atoms with Crippen LogP contribution in [0.1, 0.15) is 11.1 Å². The summed E-state index contributed by atoms with van der Waals surface area (Å²) in [5.41, 5.74) is 7.73. The molecule has 0 spiro atoms. The fourth-order valence-electron chi connectivity index (χ4n) is 2.00. The van der Waals surface area contributed by atoms with Crippen LogP contribution < -0.4 is 11.1 Å². The quantitative estimate of drug-likeness (QED) is 0.650. The van der Waals surface area contributed by atoms with Crippen LogP contribution in [-0.2, 0) is 17.8 Å². The van der Waals surface area contributed by atoms with Crippen LogP contribution >= 0.6 is 0 Å². The molecule has 0 aliphatic carbocycles. The molecule has 108 valence electrons. The third kappa shape index (κ3) is 3.87. The Morgan fingerprint density at radius 2 is 1.86 bits per heavy atom. The molecule has 0 saturated carbocycles. The molecule has 2 rings (SSSR count). The molecule has 0 saturated heterocycles. The van der Waals surface area contributed by atoms with E-state index in [1.165, 1.54) is 18.2 Å². The zero-order chi connectivity index (χ0) is 15.2. The molecule has 3 N–H and O–H groups in total. The van der Waals surface area contributed by atoms with Gasteiger partial charge in [-0.15, -0.1) is 0 Å². The van der Waals surface area contributed by atoms with Gasteiger partial charge in [0.1, 0.15) is 0 Å². The Balaban J connectivity index is 2.08. The lowest BCUT2D eigenvalue weighted by atomic mass is 10.0. The Labute approximate surface area is 121 Å². The third-order valence-electron chi connectivity index (χ3n) is 3.03.